The zero-order chi connectivity index (χ0) is 63.1. The molecule has 0 aliphatic carbocycles. The average molecular weight is 1350 g/mol. The summed E-state index contributed by atoms with van der Waals surface area (Å²) in [5.74, 6) is -2.67. The van der Waals surface area contributed by atoms with Gasteiger partial charge in [0.15, 0.2) is 5.65 Å². The third kappa shape index (κ3) is 18.2. The lowest BCUT2D eigenvalue weighted by Gasteiger charge is -2.13. The molecule has 9 N–H and O–H groups in total. The van der Waals surface area contributed by atoms with Gasteiger partial charge in [0.2, 0.25) is 11.0 Å². The number of carbonyl (C=O) groups is 1. The number of nitrogens with zero attached hydrogens (tertiary/aromatic N) is 9. The van der Waals surface area contributed by atoms with Gasteiger partial charge in [-0.25, -0.2) is 9.97 Å². The molecule has 0 fully saturated rings. The van der Waals surface area contributed by atoms with E-state index in [4.69, 9.17) is 39.3 Å². The third-order valence-electron chi connectivity index (χ3n) is 10.9. The van der Waals surface area contributed by atoms with Crippen LogP contribution in [0, 0.1) is 6.92 Å². The van der Waals surface area contributed by atoms with Crippen LogP contribution in [-0.4, -0.2) is 138 Å². The Labute approximate surface area is 495 Å². The molecule has 0 spiro atoms. The van der Waals surface area contributed by atoms with E-state index in [9.17, 15) is 75.3 Å². The SMILES string of the molecule is CS(=O)(=O)O.Cc1c(N=Nc2cc(CO)c(N=Nc3cc(Cl)c(N=Nc4nc5c(S(=O)(=O)O)cc6ccc(S(=O)(=O)O)cc6c5s4)cc3SCCCS(=O)(=O)O)cc2OCCCS(=O)(=O)O)c(O)n2c(nc3ccccc32)c1C(N)=O.O=S(=O)=O. The summed E-state index contributed by atoms with van der Waals surface area (Å²) in [6.45, 7) is 0.448. The first-order valence-corrected chi connectivity index (χ1v) is 34.0. The molecule has 8 rings (SSSR count). The molecule has 1 amide bonds. The van der Waals surface area contributed by atoms with Crippen molar-refractivity contribution < 1.29 is 97.2 Å². The van der Waals surface area contributed by atoms with Gasteiger partial charge in [-0.3, -0.25) is 32.0 Å². The maximum absolute atomic E-state index is 12.8. The number of hydrogen-bond acceptors (Lipinski definition) is 27. The highest BCUT2D eigenvalue weighted by atomic mass is 35.5. The summed E-state index contributed by atoms with van der Waals surface area (Å²) in [6.07, 6.45) is 0.457. The van der Waals surface area contributed by atoms with Crippen LogP contribution in [0.25, 0.3) is 37.7 Å². The van der Waals surface area contributed by atoms with Crippen LogP contribution in [0.5, 0.6) is 11.6 Å². The van der Waals surface area contributed by atoms with Crippen molar-refractivity contribution in [1.82, 2.24) is 14.4 Å². The minimum atomic E-state index is -4.90. The maximum Gasteiger partial charge on any atom is 0.425 e. The fourth-order valence-corrected chi connectivity index (χ4v) is 12.0. The number of halogens is 1. The smallest absolute Gasteiger partial charge is 0.425 e. The van der Waals surface area contributed by atoms with Gasteiger partial charge in [0.25, 0.3) is 56.5 Å². The van der Waals surface area contributed by atoms with Gasteiger partial charge in [-0.05, 0) is 85.0 Å². The number of aliphatic hydroxyl groups is 1. The van der Waals surface area contributed by atoms with Crippen LogP contribution < -0.4 is 10.5 Å². The van der Waals surface area contributed by atoms with Crippen molar-refractivity contribution in [2.75, 3.05) is 30.1 Å². The van der Waals surface area contributed by atoms with Gasteiger partial charge in [0, 0.05) is 21.9 Å². The molecule has 454 valence electrons. The summed E-state index contributed by atoms with van der Waals surface area (Å²) >= 11 is 8.47. The number of imidazole rings is 1. The molecule has 3 heterocycles. The zero-order valence-electron chi connectivity index (χ0n) is 42.9. The minimum absolute atomic E-state index is 0.0402. The molecule has 0 radical (unpaired) electrons. The number of thioether (sulfide) groups is 1. The number of azo groups is 3. The highest BCUT2D eigenvalue weighted by Gasteiger charge is 2.26. The van der Waals surface area contributed by atoms with Gasteiger partial charge in [-0.1, -0.05) is 41.1 Å². The summed E-state index contributed by atoms with van der Waals surface area (Å²) in [6, 6.07) is 16.4. The Kier molecular flexibility index (Phi) is 21.3. The minimum Gasteiger partial charge on any atom is -0.493 e. The number of ether oxygens (including phenoxy) is 1. The predicted octanol–water partition coefficient (Wildman–Crippen LogP) is 7.78. The lowest BCUT2D eigenvalue weighted by molar-refractivity contribution is 0.100. The second-order valence-corrected chi connectivity index (χ2v) is 27.4. The number of fused-ring (bicyclic) bond motifs is 6. The summed E-state index contributed by atoms with van der Waals surface area (Å²) in [4.78, 5) is 20.6. The molecular formula is C44H41ClN10O22S8. The summed E-state index contributed by atoms with van der Waals surface area (Å²) in [7, 11) is -25.1. The van der Waals surface area contributed by atoms with Crippen molar-refractivity contribution in [3.05, 3.63) is 94.5 Å². The Morgan fingerprint density at radius 2 is 1.38 bits per heavy atom. The van der Waals surface area contributed by atoms with Gasteiger partial charge >= 0.3 is 10.6 Å². The van der Waals surface area contributed by atoms with Crippen molar-refractivity contribution in [3.8, 4) is 11.6 Å². The largest absolute Gasteiger partial charge is 0.493 e. The van der Waals surface area contributed by atoms with Crippen molar-refractivity contribution in [3.63, 3.8) is 0 Å². The second-order valence-electron chi connectivity index (χ2n) is 17.1. The van der Waals surface area contributed by atoms with Crippen LogP contribution >= 0.6 is 34.7 Å². The molecule has 0 aliphatic heterocycles. The quantitative estimate of drug-likeness (QED) is 0.0156. The number of aromatic hydroxyl groups is 1. The van der Waals surface area contributed by atoms with Crippen LogP contribution in [0.15, 0.2) is 118 Å². The number of para-hydroxylation sites is 2. The van der Waals surface area contributed by atoms with E-state index in [1.165, 1.54) is 41.7 Å². The van der Waals surface area contributed by atoms with Crippen LogP contribution in [0.4, 0.5) is 33.6 Å². The van der Waals surface area contributed by atoms with Gasteiger partial charge in [0.1, 0.15) is 38.9 Å². The van der Waals surface area contributed by atoms with Crippen molar-refractivity contribution in [2.24, 2.45) is 36.4 Å². The Hall–Kier alpha value is -7.16. The number of thiazole rings is 1. The van der Waals surface area contributed by atoms with Gasteiger partial charge in [-0.15, -0.1) is 50.0 Å². The fourth-order valence-electron chi connectivity index (χ4n) is 7.48. The van der Waals surface area contributed by atoms with Gasteiger partial charge < -0.3 is 20.7 Å². The third-order valence-corrected chi connectivity index (χ3v) is 16.6. The number of hydrogen-bond donors (Lipinski definition) is 8. The summed E-state index contributed by atoms with van der Waals surface area (Å²) in [5.41, 5.74) is 6.13. The number of aromatic nitrogens is 3. The highest BCUT2D eigenvalue weighted by Crippen LogP contribution is 2.45. The molecule has 85 heavy (non-hydrogen) atoms. The Balaban J connectivity index is 0.00000120. The lowest BCUT2D eigenvalue weighted by atomic mass is 10.1. The fraction of sp³-hybridized carbons (Fsp3) is 0.205. The van der Waals surface area contributed by atoms with Crippen LogP contribution in [0.1, 0.15) is 34.3 Å². The number of pyridine rings is 1. The molecule has 0 saturated carbocycles. The number of primary amides is 1. The molecule has 0 unspecified atom stereocenters. The molecule has 3 aromatic heterocycles. The first kappa shape index (κ1) is 67.0. The summed E-state index contributed by atoms with van der Waals surface area (Å²) in [5, 5.41) is 47.6. The zero-order valence-corrected chi connectivity index (χ0v) is 50.2. The molecule has 0 aliphatic rings. The maximum atomic E-state index is 12.8. The molecule has 0 atom stereocenters. The van der Waals surface area contributed by atoms with Gasteiger partial charge in [-0.2, -0.15) is 47.2 Å². The van der Waals surface area contributed by atoms with E-state index < -0.39 is 101 Å². The van der Waals surface area contributed by atoms with Crippen LogP contribution in [0.2, 0.25) is 5.02 Å². The molecule has 8 aromatic rings. The van der Waals surface area contributed by atoms with Gasteiger partial charge in [0.05, 0.1) is 67.9 Å². The highest BCUT2D eigenvalue weighted by molar-refractivity contribution is 7.99. The van der Waals surface area contributed by atoms with Crippen molar-refractivity contribution >= 4 is 173 Å². The number of carbonyl (C=O) groups excluding carboxylic acids is 1. The van der Waals surface area contributed by atoms with Crippen molar-refractivity contribution in [1.29, 1.82) is 0 Å². The van der Waals surface area contributed by atoms with E-state index >= 15 is 0 Å². The molecule has 5 aromatic carbocycles. The van der Waals surface area contributed by atoms with E-state index in [0.717, 1.165) is 41.3 Å². The molecule has 0 saturated heterocycles. The molecule has 32 nitrogen and oxygen atoms in total. The van der Waals surface area contributed by atoms with E-state index in [0.29, 0.717) is 17.3 Å². The van der Waals surface area contributed by atoms with Crippen LogP contribution in [0.3, 0.4) is 0 Å². The van der Waals surface area contributed by atoms with Crippen LogP contribution in [-0.2, 0) is 67.8 Å². The number of nitrogens with two attached hydrogens (primary N) is 1. The van der Waals surface area contributed by atoms with E-state index in [1.807, 2.05) is 0 Å². The molecular weight excluding hydrogens is 1310 g/mol. The molecule has 0 bridgehead atoms. The first-order chi connectivity index (χ1) is 39.4. The Bertz CT molecular complexity index is 4780. The Morgan fingerprint density at radius 3 is 1.99 bits per heavy atom. The standard InChI is InChI=1S/C43H37ClN10O16S6.CH4O3S.O3S/c1-21-36(40(45)56)41-46-27-6-2-3-7-32(27)54(41)42(57)37(21)52-50-30-14-23(20-55)28(18-33(30)70-10-4-12-73(58,59)60)48-51-31-17-26(44)29(19-34(31)71-11-5-13-74(61,62)63)49-53-43-47-38-35(76(67,68)69)15-22-8-9-24(75(64,65)66)16-25(22)39(38)72-43;1-5(2,3)4;1-4(2)3/h2-3,6-9,14-19,55,57H,4-5,10-13,20H2,1H3,(H2,45,56)(H,58,59,60)(H,61,62,63)(H,64,65,66)(H,67,68,69);1H3,(H,2,3,4);. The first-order valence-electron chi connectivity index (χ1n) is 22.9. The lowest BCUT2D eigenvalue weighted by Crippen LogP contribution is -2.15. The predicted molar refractivity (Wildman–Crippen MR) is 306 cm³/mol. The average Bonchev–Trinajstić information content (AvgIpc) is 1.74. The number of aliphatic hydroxyl groups excluding tert-OH is 1. The number of rotatable bonds is 20. The van der Waals surface area contributed by atoms with E-state index in [-0.39, 0.29) is 118 Å². The second kappa shape index (κ2) is 27.0. The number of amides is 1. The topological polar surface area (TPSA) is 520 Å². The molecule has 41 heteroatoms. The number of benzene rings is 5. The van der Waals surface area contributed by atoms with Crippen molar-refractivity contribution in [2.45, 2.75) is 41.1 Å². The van der Waals surface area contributed by atoms with E-state index in [2.05, 4.69) is 40.7 Å². The summed E-state index contributed by atoms with van der Waals surface area (Å²) < 4.78 is 192. The normalized spacial score (nSPS) is 12.6. The van der Waals surface area contributed by atoms with E-state index in [1.54, 1.807) is 24.3 Å². The Morgan fingerprint density at radius 1 is 0.765 bits per heavy atom. The monoisotopic (exact) mass is 1350 g/mol.